The van der Waals surface area contributed by atoms with E-state index in [1.807, 2.05) is 61.0 Å². The number of methoxy groups -OCH3 is 1. The molecule has 0 aliphatic carbocycles. The Kier molecular flexibility index (Phi) is 5.34. The fraction of sp³-hybridized carbons (Fsp3) is 0.250. The zero-order valence-electron chi connectivity index (χ0n) is 21.4. The van der Waals surface area contributed by atoms with Gasteiger partial charge in [-0.05, 0) is 67.3 Å². The second-order valence-corrected chi connectivity index (χ2v) is 10.5. The lowest BCUT2D eigenvalue weighted by atomic mass is 10.1. The molecule has 8 nitrogen and oxygen atoms in total. The van der Waals surface area contributed by atoms with Gasteiger partial charge in [0.25, 0.3) is 5.56 Å². The van der Waals surface area contributed by atoms with Crippen LogP contribution in [-0.2, 0) is 13.5 Å². The highest BCUT2D eigenvalue weighted by molar-refractivity contribution is 7.22. The minimum absolute atomic E-state index is 0.290. The normalized spacial score (nSPS) is 12.9. The summed E-state index contributed by atoms with van der Waals surface area (Å²) in [5, 5.41) is 0.563. The Labute approximate surface area is 217 Å². The van der Waals surface area contributed by atoms with E-state index < -0.39 is 0 Å². The van der Waals surface area contributed by atoms with Crippen LogP contribution in [0.15, 0.2) is 58.5 Å². The summed E-state index contributed by atoms with van der Waals surface area (Å²) in [6, 6.07) is 11.8. The molecule has 5 aromatic rings. The molecule has 3 aromatic heterocycles. The minimum Gasteiger partial charge on any atom is -0.495 e. The topological polar surface area (TPSA) is 74.3 Å². The first-order valence-corrected chi connectivity index (χ1v) is 12.9. The first kappa shape index (κ1) is 23.3. The lowest BCUT2D eigenvalue weighted by Gasteiger charge is -2.13. The van der Waals surface area contributed by atoms with Gasteiger partial charge in [-0.25, -0.2) is 14.3 Å². The van der Waals surface area contributed by atoms with Crippen molar-refractivity contribution in [2.24, 2.45) is 7.05 Å². The number of hydrogen-bond donors (Lipinski definition) is 0. The van der Waals surface area contributed by atoms with Crippen molar-refractivity contribution >= 4 is 27.2 Å². The summed E-state index contributed by atoms with van der Waals surface area (Å²) in [7, 11) is 5.42. The molecule has 0 radical (unpaired) electrons. The molecule has 188 valence electrons. The number of thiophene rings is 1. The Bertz CT molecular complexity index is 1820. The van der Waals surface area contributed by atoms with Crippen LogP contribution in [-0.4, -0.2) is 39.4 Å². The minimum atomic E-state index is -0.347. The van der Waals surface area contributed by atoms with Crippen molar-refractivity contribution in [1.29, 1.82) is 0 Å². The van der Waals surface area contributed by atoms with E-state index >= 15 is 0 Å². The number of nitrogens with zero attached hydrogens (tertiary/aromatic N) is 5. The van der Waals surface area contributed by atoms with Crippen LogP contribution in [0.3, 0.4) is 0 Å². The van der Waals surface area contributed by atoms with Crippen LogP contribution < -0.4 is 20.9 Å². The van der Waals surface area contributed by atoms with E-state index in [-0.39, 0.29) is 11.2 Å². The summed E-state index contributed by atoms with van der Waals surface area (Å²) in [6.45, 7) is 4.82. The summed E-state index contributed by atoms with van der Waals surface area (Å²) in [5.41, 5.74) is 5.83. The molecule has 9 heteroatoms. The van der Waals surface area contributed by atoms with Gasteiger partial charge in [0.1, 0.15) is 10.6 Å². The van der Waals surface area contributed by atoms with Crippen LogP contribution >= 0.6 is 11.3 Å². The Morgan fingerprint density at radius 2 is 1.81 bits per heavy atom. The van der Waals surface area contributed by atoms with Crippen LogP contribution in [0.25, 0.3) is 32.0 Å². The van der Waals surface area contributed by atoms with Crippen molar-refractivity contribution in [1.82, 2.24) is 18.7 Å². The van der Waals surface area contributed by atoms with Crippen LogP contribution in [0.4, 0.5) is 5.69 Å². The number of benzene rings is 2. The van der Waals surface area contributed by atoms with Crippen LogP contribution in [0, 0.1) is 13.8 Å². The fourth-order valence-electron chi connectivity index (χ4n) is 5.20. The number of aryl methyl sites for hydroxylation is 3. The molecular formula is C28H27N5O3S. The van der Waals surface area contributed by atoms with E-state index in [9.17, 15) is 9.59 Å². The summed E-state index contributed by atoms with van der Waals surface area (Å²) in [5.74, 6) is 0.696. The van der Waals surface area contributed by atoms with Gasteiger partial charge in [-0.2, -0.15) is 0 Å². The van der Waals surface area contributed by atoms with Crippen molar-refractivity contribution in [2.75, 3.05) is 25.6 Å². The number of aromatic nitrogens is 4. The zero-order chi connectivity index (χ0) is 26.0. The number of ether oxygens (including phenoxy) is 1. The number of fused-ring (bicyclic) bond motifs is 2. The number of rotatable bonds is 4. The largest absolute Gasteiger partial charge is 0.495 e. The van der Waals surface area contributed by atoms with Gasteiger partial charge < -0.3 is 14.2 Å². The maximum atomic E-state index is 13.8. The lowest BCUT2D eigenvalue weighted by molar-refractivity contribution is 0.413. The first-order chi connectivity index (χ1) is 17.8. The highest BCUT2D eigenvalue weighted by Crippen LogP contribution is 2.39. The van der Waals surface area contributed by atoms with E-state index in [0.29, 0.717) is 21.7 Å². The molecule has 0 atom stereocenters. The zero-order valence-corrected chi connectivity index (χ0v) is 22.2. The van der Waals surface area contributed by atoms with Crippen molar-refractivity contribution in [2.45, 2.75) is 20.3 Å². The third kappa shape index (κ3) is 3.53. The number of hydrogen-bond acceptors (Lipinski definition) is 6. The molecule has 1 aliphatic heterocycles. The van der Waals surface area contributed by atoms with Gasteiger partial charge in [-0.15, -0.1) is 11.3 Å². The fourth-order valence-corrected chi connectivity index (χ4v) is 6.45. The summed E-state index contributed by atoms with van der Waals surface area (Å²) < 4.78 is 10.5. The Morgan fingerprint density at radius 3 is 2.54 bits per heavy atom. The number of imidazole rings is 1. The van der Waals surface area contributed by atoms with Gasteiger partial charge in [-0.1, -0.05) is 6.07 Å². The SMILES string of the molecule is COc1cc(-c2sc3c(c2C)c(=O)n(-c2ccc4c(c2)CCN4C)c(=O)n3C)ccc1-n1cnc(C)c1. The maximum Gasteiger partial charge on any atom is 0.336 e. The van der Waals surface area contributed by atoms with Crippen molar-refractivity contribution in [3.8, 4) is 27.6 Å². The predicted molar refractivity (Wildman–Crippen MR) is 148 cm³/mol. The van der Waals surface area contributed by atoms with Gasteiger partial charge in [0.2, 0.25) is 0 Å². The van der Waals surface area contributed by atoms with E-state index in [4.69, 9.17) is 4.74 Å². The maximum absolute atomic E-state index is 13.8. The second kappa shape index (κ2) is 8.48. The monoisotopic (exact) mass is 513 g/mol. The lowest BCUT2D eigenvalue weighted by Crippen LogP contribution is -2.37. The van der Waals surface area contributed by atoms with Crippen LogP contribution in [0.5, 0.6) is 5.75 Å². The molecule has 0 spiro atoms. The average Bonchev–Trinajstić information content (AvgIpc) is 3.59. The van der Waals surface area contributed by atoms with E-state index in [1.54, 1.807) is 25.1 Å². The quantitative estimate of drug-likeness (QED) is 0.360. The summed E-state index contributed by atoms with van der Waals surface area (Å²) in [6.07, 6.45) is 4.60. The van der Waals surface area contributed by atoms with Crippen molar-refractivity contribution in [3.05, 3.63) is 86.6 Å². The molecule has 4 heterocycles. The molecular weight excluding hydrogens is 486 g/mol. The molecule has 0 fully saturated rings. The van der Waals surface area contributed by atoms with Crippen LogP contribution in [0.2, 0.25) is 0 Å². The van der Waals surface area contributed by atoms with E-state index in [2.05, 4.69) is 16.9 Å². The molecule has 0 saturated carbocycles. The summed E-state index contributed by atoms with van der Waals surface area (Å²) >= 11 is 1.45. The Hall–Kier alpha value is -4.11. The molecule has 0 amide bonds. The first-order valence-electron chi connectivity index (χ1n) is 12.1. The van der Waals surface area contributed by atoms with Gasteiger partial charge >= 0.3 is 5.69 Å². The molecule has 0 saturated heterocycles. The van der Waals surface area contributed by atoms with E-state index in [0.717, 1.165) is 51.6 Å². The van der Waals surface area contributed by atoms with Gasteiger partial charge in [0, 0.05) is 37.4 Å². The standard InChI is InChI=1S/C28H27N5O3S/c1-16-14-32(15-29-16)22-8-6-19(13-23(22)36-5)25-17(2)24-26(34)33(28(35)31(4)27(24)37-25)20-7-9-21-18(12-20)10-11-30(21)3/h6-9,12-15H,10-11H2,1-5H3. The molecule has 1 aliphatic rings. The summed E-state index contributed by atoms with van der Waals surface area (Å²) in [4.78, 5) is 35.3. The number of likely N-dealkylation sites (N-methyl/N-ethyl adjacent to an activating group) is 1. The molecule has 37 heavy (non-hydrogen) atoms. The molecule has 2 aromatic carbocycles. The average molecular weight is 514 g/mol. The van der Waals surface area contributed by atoms with Gasteiger partial charge in [0.15, 0.2) is 0 Å². The second-order valence-electron chi connectivity index (χ2n) is 9.51. The smallest absolute Gasteiger partial charge is 0.336 e. The highest BCUT2D eigenvalue weighted by Gasteiger charge is 2.22. The Balaban J connectivity index is 1.52. The molecule has 0 unspecified atom stereocenters. The number of anilines is 1. The molecule has 0 N–H and O–H groups in total. The van der Waals surface area contributed by atoms with Crippen molar-refractivity contribution in [3.63, 3.8) is 0 Å². The third-order valence-electron chi connectivity index (χ3n) is 7.21. The highest BCUT2D eigenvalue weighted by atomic mass is 32.1. The van der Waals surface area contributed by atoms with Crippen LogP contribution in [0.1, 0.15) is 16.8 Å². The van der Waals surface area contributed by atoms with Gasteiger partial charge in [-0.3, -0.25) is 9.36 Å². The molecule has 6 rings (SSSR count). The Morgan fingerprint density at radius 1 is 1.03 bits per heavy atom. The van der Waals surface area contributed by atoms with Crippen molar-refractivity contribution < 1.29 is 4.74 Å². The van der Waals surface area contributed by atoms with E-state index in [1.165, 1.54) is 15.9 Å². The predicted octanol–water partition coefficient (Wildman–Crippen LogP) is 4.22. The third-order valence-corrected chi connectivity index (χ3v) is 8.63. The molecule has 0 bridgehead atoms. The van der Waals surface area contributed by atoms with Gasteiger partial charge in [0.05, 0.1) is 35.9 Å².